The van der Waals surface area contributed by atoms with Crippen molar-refractivity contribution in [2.45, 2.75) is 30.0 Å². The summed E-state index contributed by atoms with van der Waals surface area (Å²) in [6.07, 6.45) is -0.507. The lowest BCUT2D eigenvalue weighted by molar-refractivity contribution is 0.199. The topological polar surface area (TPSA) is 66.0 Å². The first kappa shape index (κ1) is 14.3. The summed E-state index contributed by atoms with van der Waals surface area (Å²) in [5.74, 6) is 0. The minimum atomic E-state index is -0.507. The van der Waals surface area contributed by atoms with E-state index in [9.17, 15) is 9.90 Å². The van der Waals surface area contributed by atoms with Gasteiger partial charge in [-0.05, 0) is 47.5 Å². The second-order valence-corrected chi connectivity index (χ2v) is 6.04. The summed E-state index contributed by atoms with van der Waals surface area (Å²) in [4.78, 5) is 19.3. The molecule has 0 aliphatic carbocycles. The first-order valence-electron chi connectivity index (χ1n) is 5.69. The van der Waals surface area contributed by atoms with Crippen molar-refractivity contribution in [2.24, 2.45) is 0 Å². The van der Waals surface area contributed by atoms with E-state index < -0.39 is 6.10 Å². The molecule has 1 atom stereocenters. The highest BCUT2D eigenvalue weighted by Gasteiger charge is 2.08. The van der Waals surface area contributed by atoms with Gasteiger partial charge in [0.25, 0.3) is 5.56 Å². The lowest BCUT2D eigenvalue weighted by Gasteiger charge is -2.08. The molecule has 0 saturated carbocycles. The Labute approximate surface area is 123 Å². The molecule has 2 N–H and O–H groups in total. The molecule has 1 unspecified atom stereocenters. The van der Waals surface area contributed by atoms with Crippen molar-refractivity contribution < 1.29 is 5.11 Å². The van der Waals surface area contributed by atoms with Crippen LogP contribution in [0.25, 0.3) is 0 Å². The molecule has 0 bridgehead atoms. The fraction of sp³-hybridized carbons (Fsp3) is 0.231. The Morgan fingerprint density at radius 2 is 2.16 bits per heavy atom. The van der Waals surface area contributed by atoms with E-state index >= 15 is 0 Å². The third-order valence-electron chi connectivity index (χ3n) is 2.49. The van der Waals surface area contributed by atoms with Crippen LogP contribution in [0.1, 0.15) is 24.3 Å². The van der Waals surface area contributed by atoms with Crippen LogP contribution < -0.4 is 5.56 Å². The van der Waals surface area contributed by atoms with Crippen LogP contribution in [0.2, 0.25) is 0 Å². The van der Waals surface area contributed by atoms with Crippen molar-refractivity contribution in [3.63, 3.8) is 0 Å². The number of benzene rings is 1. The van der Waals surface area contributed by atoms with Crippen molar-refractivity contribution in [3.05, 3.63) is 50.3 Å². The molecule has 6 heteroatoms. The molecule has 2 aromatic rings. The van der Waals surface area contributed by atoms with Crippen LogP contribution in [0.5, 0.6) is 0 Å². The van der Waals surface area contributed by atoms with Crippen LogP contribution in [-0.4, -0.2) is 15.1 Å². The van der Waals surface area contributed by atoms with Crippen LogP contribution in [0.4, 0.5) is 0 Å². The standard InChI is InChI=1S/C13H13BrN2O2S/c1-7-5-12(18)16-13(15-7)19-11-4-3-9(8(2)17)6-10(11)14/h3-6,8,17H,1-2H3,(H,15,16,18). The molecule has 0 saturated heterocycles. The number of aliphatic hydroxyl groups excluding tert-OH is 1. The number of aryl methyl sites for hydroxylation is 1. The Morgan fingerprint density at radius 1 is 1.42 bits per heavy atom. The van der Waals surface area contributed by atoms with Crippen LogP contribution in [-0.2, 0) is 0 Å². The number of aromatic nitrogens is 2. The normalized spacial score (nSPS) is 12.4. The number of nitrogens with zero attached hydrogens (tertiary/aromatic N) is 1. The largest absolute Gasteiger partial charge is 0.389 e. The smallest absolute Gasteiger partial charge is 0.251 e. The van der Waals surface area contributed by atoms with Gasteiger partial charge in [-0.3, -0.25) is 4.79 Å². The molecule has 0 aliphatic heterocycles. The molecule has 100 valence electrons. The Hall–Kier alpha value is -1.11. The second kappa shape index (κ2) is 5.90. The summed E-state index contributed by atoms with van der Waals surface area (Å²) in [5.41, 5.74) is 1.36. The third-order valence-corrected chi connectivity index (χ3v) is 4.37. The van der Waals surface area contributed by atoms with Gasteiger partial charge in [0.2, 0.25) is 0 Å². The number of rotatable bonds is 3. The van der Waals surface area contributed by atoms with E-state index in [4.69, 9.17) is 0 Å². The van der Waals surface area contributed by atoms with Gasteiger partial charge in [-0.1, -0.05) is 17.8 Å². The molecular formula is C13H13BrN2O2S. The summed E-state index contributed by atoms with van der Waals surface area (Å²) in [5, 5.41) is 10.1. The van der Waals surface area contributed by atoms with Crippen molar-refractivity contribution in [3.8, 4) is 0 Å². The monoisotopic (exact) mass is 340 g/mol. The predicted molar refractivity (Wildman–Crippen MR) is 78.5 cm³/mol. The molecule has 1 heterocycles. The number of halogens is 1. The Morgan fingerprint density at radius 3 is 2.74 bits per heavy atom. The van der Waals surface area contributed by atoms with Crippen molar-refractivity contribution in [2.75, 3.05) is 0 Å². The lowest BCUT2D eigenvalue weighted by Crippen LogP contribution is -2.07. The zero-order valence-corrected chi connectivity index (χ0v) is 12.9. The van der Waals surface area contributed by atoms with Gasteiger partial charge in [-0.25, -0.2) is 4.98 Å². The average Bonchev–Trinajstić information content (AvgIpc) is 2.30. The molecule has 0 radical (unpaired) electrons. The molecule has 1 aromatic carbocycles. The Kier molecular flexibility index (Phi) is 4.44. The summed E-state index contributed by atoms with van der Waals surface area (Å²) < 4.78 is 0.861. The third kappa shape index (κ3) is 3.68. The highest BCUT2D eigenvalue weighted by Crippen LogP contribution is 2.33. The minimum absolute atomic E-state index is 0.160. The van der Waals surface area contributed by atoms with Gasteiger partial charge in [0.15, 0.2) is 5.16 Å². The summed E-state index contributed by atoms with van der Waals surface area (Å²) in [6.45, 7) is 3.50. The lowest BCUT2D eigenvalue weighted by atomic mass is 10.1. The molecule has 4 nitrogen and oxygen atoms in total. The molecule has 0 aliphatic rings. The van der Waals surface area contributed by atoms with Gasteiger partial charge in [-0.15, -0.1) is 0 Å². The van der Waals surface area contributed by atoms with Crippen molar-refractivity contribution >= 4 is 27.7 Å². The molecule has 2 rings (SSSR count). The molecule has 19 heavy (non-hydrogen) atoms. The van der Waals surface area contributed by atoms with Crippen LogP contribution >= 0.6 is 27.7 Å². The maximum Gasteiger partial charge on any atom is 0.251 e. The summed E-state index contributed by atoms with van der Waals surface area (Å²) in [7, 11) is 0. The van der Waals surface area contributed by atoms with Crippen molar-refractivity contribution in [1.82, 2.24) is 9.97 Å². The molecule has 1 aromatic heterocycles. The first-order chi connectivity index (χ1) is 8.95. The number of aliphatic hydroxyl groups is 1. The van der Waals surface area contributed by atoms with E-state index in [1.807, 2.05) is 18.2 Å². The predicted octanol–water partition coefficient (Wildman–Crippen LogP) is 3.05. The van der Waals surface area contributed by atoms with E-state index in [1.54, 1.807) is 13.8 Å². The molecular weight excluding hydrogens is 328 g/mol. The molecule has 0 amide bonds. The van der Waals surface area contributed by atoms with E-state index in [0.29, 0.717) is 10.9 Å². The summed E-state index contributed by atoms with van der Waals surface area (Å²) >= 11 is 4.83. The van der Waals surface area contributed by atoms with E-state index in [1.165, 1.54) is 17.8 Å². The van der Waals surface area contributed by atoms with Crippen LogP contribution in [0.15, 0.2) is 43.6 Å². The zero-order chi connectivity index (χ0) is 14.0. The van der Waals surface area contributed by atoms with Gasteiger partial charge >= 0.3 is 0 Å². The van der Waals surface area contributed by atoms with Gasteiger partial charge in [0, 0.05) is 21.1 Å². The fourth-order valence-electron chi connectivity index (χ4n) is 1.56. The molecule has 0 fully saturated rings. The SMILES string of the molecule is Cc1cc(=O)[nH]c(Sc2ccc(C(C)O)cc2Br)n1. The van der Waals surface area contributed by atoms with E-state index in [-0.39, 0.29) is 5.56 Å². The number of hydrogen-bond acceptors (Lipinski definition) is 4. The van der Waals surface area contributed by atoms with Gasteiger partial charge in [-0.2, -0.15) is 0 Å². The first-order valence-corrected chi connectivity index (χ1v) is 7.30. The summed E-state index contributed by atoms with van der Waals surface area (Å²) in [6, 6.07) is 7.06. The highest BCUT2D eigenvalue weighted by atomic mass is 79.9. The quantitative estimate of drug-likeness (QED) is 0.842. The second-order valence-electron chi connectivity index (χ2n) is 4.16. The maximum absolute atomic E-state index is 11.4. The number of hydrogen-bond donors (Lipinski definition) is 2. The van der Waals surface area contributed by atoms with Gasteiger partial charge < -0.3 is 10.1 Å². The zero-order valence-electron chi connectivity index (χ0n) is 10.5. The van der Waals surface area contributed by atoms with E-state index in [0.717, 1.165) is 14.9 Å². The molecule has 0 spiro atoms. The van der Waals surface area contributed by atoms with Crippen molar-refractivity contribution in [1.29, 1.82) is 0 Å². The number of nitrogens with one attached hydrogen (secondary N) is 1. The van der Waals surface area contributed by atoms with Crippen LogP contribution in [0.3, 0.4) is 0 Å². The maximum atomic E-state index is 11.4. The average molecular weight is 341 g/mol. The van der Waals surface area contributed by atoms with E-state index in [2.05, 4.69) is 25.9 Å². The number of aromatic amines is 1. The van der Waals surface area contributed by atoms with Gasteiger partial charge in [0.1, 0.15) is 0 Å². The van der Waals surface area contributed by atoms with Crippen LogP contribution in [0, 0.1) is 6.92 Å². The van der Waals surface area contributed by atoms with Gasteiger partial charge in [0.05, 0.1) is 6.10 Å². The number of H-pyrrole nitrogens is 1. The Bertz CT molecular complexity index is 655. The fourth-order valence-corrected chi connectivity index (χ4v) is 3.05. The Balaban J connectivity index is 2.30. The minimum Gasteiger partial charge on any atom is -0.389 e. The highest BCUT2D eigenvalue weighted by molar-refractivity contribution is 9.10.